The second kappa shape index (κ2) is 6.90. The van der Waals surface area contributed by atoms with Crippen LogP contribution in [0.3, 0.4) is 0 Å². The van der Waals surface area contributed by atoms with Crippen molar-refractivity contribution >= 4 is 6.03 Å². The molecular formula is C16H24N4O4. The summed E-state index contributed by atoms with van der Waals surface area (Å²) < 4.78 is 13.4. The highest BCUT2D eigenvalue weighted by Gasteiger charge is 2.44. The summed E-state index contributed by atoms with van der Waals surface area (Å²) in [5, 5.41) is 4.08. The molecule has 2 fully saturated rings. The number of hydrogen-bond donors (Lipinski definition) is 0. The molecule has 2 amide bonds. The number of rotatable bonds is 2. The van der Waals surface area contributed by atoms with Crippen LogP contribution in [0.2, 0.25) is 0 Å². The van der Waals surface area contributed by atoms with E-state index in [1.54, 1.807) is 36.2 Å². The van der Waals surface area contributed by atoms with E-state index < -0.39 is 5.60 Å². The first kappa shape index (κ1) is 16.9. The van der Waals surface area contributed by atoms with Crippen LogP contribution < -0.4 is 5.56 Å². The molecule has 2 aliphatic heterocycles. The fourth-order valence-electron chi connectivity index (χ4n) is 3.32. The first-order valence-electron chi connectivity index (χ1n) is 8.23. The zero-order valence-electron chi connectivity index (χ0n) is 14.2. The monoisotopic (exact) mass is 336 g/mol. The molecule has 132 valence electrons. The minimum Gasteiger partial charge on any atom is -0.377 e. The predicted octanol–water partition coefficient (Wildman–Crippen LogP) is 0.175. The van der Waals surface area contributed by atoms with Crippen LogP contribution in [-0.2, 0) is 16.0 Å². The highest BCUT2D eigenvalue weighted by atomic mass is 16.6. The van der Waals surface area contributed by atoms with Crippen LogP contribution >= 0.6 is 0 Å². The Kier molecular flexibility index (Phi) is 4.86. The fraction of sp³-hybridized carbons (Fsp3) is 0.688. The average molecular weight is 336 g/mol. The second-order valence-corrected chi connectivity index (χ2v) is 6.66. The molecule has 3 rings (SSSR count). The first-order valence-corrected chi connectivity index (χ1v) is 8.23. The number of carbonyl (C=O) groups is 1. The standard InChI is InChI=1S/C16H24N4O4/c1-18(2)15(22)19-8-9-23-12-16(11-19)6-5-13(24-16)10-20-14(21)4-3-7-17-20/h3-4,7,13H,5-6,8-12H2,1-2H3/t13-,16-/m1/s1. The van der Waals surface area contributed by atoms with Gasteiger partial charge in [0.15, 0.2) is 0 Å². The number of ether oxygens (including phenoxy) is 2. The Morgan fingerprint density at radius 1 is 1.50 bits per heavy atom. The van der Waals surface area contributed by atoms with Crippen LogP contribution in [0.1, 0.15) is 12.8 Å². The Morgan fingerprint density at radius 2 is 2.33 bits per heavy atom. The summed E-state index contributed by atoms with van der Waals surface area (Å²) in [7, 11) is 3.49. The van der Waals surface area contributed by atoms with E-state index in [0.29, 0.717) is 32.8 Å². The molecule has 0 bridgehead atoms. The normalized spacial score (nSPS) is 27.2. The van der Waals surface area contributed by atoms with Crippen molar-refractivity contribution in [2.24, 2.45) is 0 Å². The van der Waals surface area contributed by atoms with Crippen molar-refractivity contribution in [2.45, 2.75) is 31.1 Å². The molecule has 0 aromatic carbocycles. The van der Waals surface area contributed by atoms with Gasteiger partial charge in [-0.15, -0.1) is 0 Å². The van der Waals surface area contributed by atoms with Crippen LogP contribution in [-0.4, -0.2) is 77.7 Å². The number of aromatic nitrogens is 2. The molecule has 0 N–H and O–H groups in total. The molecule has 2 aliphatic rings. The van der Waals surface area contributed by atoms with Crippen molar-refractivity contribution in [3.63, 3.8) is 0 Å². The van der Waals surface area contributed by atoms with Gasteiger partial charge in [0.05, 0.1) is 32.4 Å². The Morgan fingerprint density at radius 3 is 3.08 bits per heavy atom. The summed E-state index contributed by atoms with van der Waals surface area (Å²) in [6, 6.07) is 3.08. The zero-order chi connectivity index (χ0) is 17.2. The molecule has 0 radical (unpaired) electrons. The zero-order valence-corrected chi connectivity index (χ0v) is 14.2. The molecule has 2 saturated heterocycles. The topological polar surface area (TPSA) is 76.9 Å². The van der Waals surface area contributed by atoms with Gasteiger partial charge in [0.2, 0.25) is 0 Å². The number of hydrogen-bond acceptors (Lipinski definition) is 5. The second-order valence-electron chi connectivity index (χ2n) is 6.66. The molecular weight excluding hydrogens is 312 g/mol. The van der Waals surface area contributed by atoms with E-state index in [-0.39, 0.29) is 17.7 Å². The molecule has 8 nitrogen and oxygen atoms in total. The van der Waals surface area contributed by atoms with Gasteiger partial charge in [-0.2, -0.15) is 5.10 Å². The number of carbonyl (C=O) groups excluding carboxylic acids is 1. The highest BCUT2D eigenvalue weighted by molar-refractivity contribution is 5.74. The van der Waals surface area contributed by atoms with Gasteiger partial charge in [-0.25, -0.2) is 9.48 Å². The van der Waals surface area contributed by atoms with Crippen LogP contribution in [0, 0.1) is 0 Å². The first-order chi connectivity index (χ1) is 11.5. The summed E-state index contributed by atoms with van der Waals surface area (Å²) in [6.45, 7) is 2.47. The maximum absolute atomic E-state index is 12.3. The summed E-state index contributed by atoms with van der Waals surface area (Å²) >= 11 is 0. The summed E-state index contributed by atoms with van der Waals surface area (Å²) in [6.07, 6.45) is 3.11. The molecule has 3 heterocycles. The fourth-order valence-corrected chi connectivity index (χ4v) is 3.32. The van der Waals surface area contributed by atoms with Gasteiger partial charge in [-0.3, -0.25) is 4.79 Å². The van der Waals surface area contributed by atoms with Gasteiger partial charge in [-0.1, -0.05) is 0 Å². The smallest absolute Gasteiger partial charge is 0.319 e. The van der Waals surface area contributed by atoms with Gasteiger partial charge < -0.3 is 19.3 Å². The molecule has 1 aromatic rings. The van der Waals surface area contributed by atoms with Gasteiger partial charge >= 0.3 is 6.03 Å². The summed E-state index contributed by atoms with van der Waals surface area (Å²) in [5.74, 6) is 0. The van der Waals surface area contributed by atoms with Crippen molar-refractivity contribution < 1.29 is 14.3 Å². The third kappa shape index (κ3) is 3.59. The quantitative estimate of drug-likeness (QED) is 0.770. The third-order valence-corrected chi connectivity index (χ3v) is 4.50. The largest absolute Gasteiger partial charge is 0.377 e. The van der Waals surface area contributed by atoms with Crippen LogP contribution in [0.4, 0.5) is 4.79 Å². The molecule has 24 heavy (non-hydrogen) atoms. The summed E-state index contributed by atoms with van der Waals surface area (Å²) in [4.78, 5) is 27.4. The highest BCUT2D eigenvalue weighted by Crippen LogP contribution is 2.33. The van der Waals surface area contributed by atoms with E-state index in [2.05, 4.69) is 5.10 Å². The minimum absolute atomic E-state index is 0.0344. The molecule has 0 aliphatic carbocycles. The lowest BCUT2D eigenvalue weighted by Crippen LogP contribution is -2.49. The Balaban J connectivity index is 1.69. The third-order valence-electron chi connectivity index (χ3n) is 4.50. The van der Waals surface area contributed by atoms with E-state index in [1.807, 2.05) is 0 Å². The van der Waals surface area contributed by atoms with Crippen molar-refractivity contribution in [1.29, 1.82) is 0 Å². The van der Waals surface area contributed by atoms with Gasteiger partial charge in [-0.05, 0) is 18.9 Å². The number of nitrogens with zero attached hydrogens (tertiary/aromatic N) is 4. The Labute approximate surface area is 140 Å². The Hall–Kier alpha value is -1.93. The molecule has 8 heteroatoms. The van der Waals surface area contributed by atoms with Crippen molar-refractivity contribution in [2.75, 3.05) is 40.4 Å². The average Bonchev–Trinajstić information content (AvgIpc) is 2.82. The van der Waals surface area contributed by atoms with Gasteiger partial charge in [0.1, 0.15) is 5.60 Å². The molecule has 0 unspecified atom stereocenters. The lowest BCUT2D eigenvalue weighted by Gasteiger charge is -2.33. The van der Waals surface area contributed by atoms with E-state index >= 15 is 0 Å². The minimum atomic E-state index is -0.495. The maximum Gasteiger partial charge on any atom is 0.319 e. The maximum atomic E-state index is 12.3. The SMILES string of the molecule is CN(C)C(=O)N1CCOC[C@@]2(CC[C@H](Cn3ncccc3=O)O2)C1. The van der Waals surface area contributed by atoms with Crippen molar-refractivity contribution in [1.82, 2.24) is 19.6 Å². The lowest BCUT2D eigenvalue weighted by atomic mass is 10.0. The predicted molar refractivity (Wildman–Crippen MR) is 86.8 cm³/mol. The molecule has 1 spiro atoms. The van der Waals surface area contributed by atoms with E-state index in [1.165, 1.54) is 10.7 Å². The van der Waals surface area contributed by atoms with Gasteiger partial charge in [0.25, 0.3) is 5.56 Å². The van der Waals surface area contributed by atoms with E-state index in [0.717, 1.165) is 12.8 Å². The molecule has 0 saturated carbocycles. The van der Waals surface area contributed by atoms with E-state index in [9.17, 15) is 9.59 Å². The van der Waals surface area contributed by atoms with E-state index in [4.69, 9.17) is 9.47 Å². The van der Waals surface area contributed by atoms with Crippen LogP contribution in [0.25, 0.3) is 0 Å². The van der Waals surface area contributed by atoms with Crippen molar-refractivity contribution in [3.05, 3.63) is 28.7 Å². The molecule has 2 atom stereocenters. The molecule has 1 aromatic heterocycles. The van der Waals surface area contributed by atoms with Crippen molar-refractivity contribution in [3.8, 4) is 0 Å². The number of urea groups is 1. The van der Waals surface area contributed by atoms with Crippen LogP contribution in [0.5, 0.6) is 0 Å². The summed E-state index contributed by atoms with van der Waals surface area (Å²) in [5.41, 5.74) is -0.630. The Bertz CT molecular complexity index is 647. The van der Waals surface area contributed by atoms with Crippen LogP contribution in [0.15, 0.2) is 23.1 Å². The lowest BCUT2D eigenvalue weighted by molar-refractivity contribution is -0.0882. The van der Waals surface area contributed by atoms with Gasteiger partial charge in [0, 0.05) is 32.9 Å². The number of amides is 2.